The summed E-state index contributed by atoms with van der Waals surface area (Å²) >= 11 is 0. The number of nitriles is 1. The summed E-state index contributed by atoms with van der Waals surface area (Å²) in [7, 11) is 0. The Hall–Kier alpha value is -4.35. The fraction of sp³-hybridized carbons (Fsp3) is 0.214. The molecular weight excluding hydrogens is 455 g/mol. The number of nitrogens with two attached hydrogens (primary N) is 2. The fourth-order valence-electron chi connectivity index (χ4n) is 4.82. The third-order valence-corrected chi connectivity index (χ3v) is 6.56. The van der Waals surface area contributed by atoms with E-state index in [9.17, 15) is 14.4 Å². The molecule has 1 aliphatic heterocycles. The molecule has 2 aromatic heterocycles. The lowest BCUT2D eigenvalue weighted by Crippen LogP contribution is -2.43. The van der Waals surface area contributed by atoms with Crippen molar-refractivity contribution in [1.82, 2.24) is 9.97 Å². The van der Waals surface area contributed by atoms with Crippen molar-refractivity contribution in [2.75, 3.05) is 23.7 Å². The maximum Gasteiger partial charge on any atom is 0.187 e. The third-order valence-electron chi connectivity index (χ3n) is 6.56. The van der Waals surface area contributed by atoms with Crippen molar-refractivity contribution in [3.05, 3.63) is 83.6 Å². The highest BCUT2D eigenvalue weighted by Gasteiger charge is 2.22. The van der Waals surface area contributed by atoms with E-state index in [4.69, 9.17) is 11.5 Å². The van der Waals surface area contributed by atoms with Crippen molar-refractivity contribution in [2.45, 2.75) is 25.3 Å². The second-order valence-electron chi connectivity index (χ2n) is 9.06. The number of rotatable bonds is 5. The van der Waals surface area contributed by atoms with E-state index >= 15 is 0 Å². The van der Waals surface area contributed by atoms with Crippen LogP contribution in [0.2, 0.25) is 0 Å². The summed E-state index contributed by atoms with van der Waals surface area (Å²) in [4.78, 5) is 24.4. The number of hydrogen-bond acceptors (Lipinski definition) is 7. The van der Waals surface area contributed by atoms with Crippen molar-refractivity contribution < 1.29 is 9.18 Å². The summed E-state index contributed by atoms with van der Waals surface area (Å²) < 4.78 is 14.6. The summed E-state index contributed by atoms with van der Waals surface area (Å²) in [6.45, 7) is 1.60. The number of aromatic nitrogens is 2. The first-order valence-corrected chi connectivity index (χ1v) is 11.8. The first-order valence-electron chi connectivity index (χ1n) is 11.8. The lowest BCUT2D eigenvalue weighted by atomic mass is 9.97. The molecule has 0 saturated carbocycles. The van der Waals surface area contributed by atoms with Crippen molar-refractivity contribution in [3.63, 3.8) is 0 Å². The van der Waals surface area contributed by atoms with Crippen LogP contribution in [0.3, 0.4) is 0 Å². The van der Waals surface area contributed by atoms with Gasteiger partial charge in [0.25, 0.3) is 0 Å². The normalized spacial score (nSPS) is 15.6. The number of benzene rings is 2. The van der Waals surface area contributed by atoms with Crippen molar-refractivity contribution in [2.24, 2.45) is 5.73 Å². The quantitative estimate of drug-likeness (QED) is 0.410. The van der Waals surface area contributed by atoms with Gasteiger partial charge >= 0.3 is 0 Å². The summed E-state index contributed by atoms with van der Waals surface area (Å²) in [5.74, 6) is -0.736. The van der Waals surface area contributed by atoms with Gasteiger partial charge in [-0.25, -0.2) is 9.37 Å². The van der Waals surface area contributed by atoms with Crippen LogP contribution in [-0.4, -0.2) is 34.9 Å². The minimum atomic E-state index is -0.498. The lowest BCUT2D eigenvalue weighted by Gasteiger charge is -2.33. The number of halogens is 1. The van der Waals surface area contributed by atoms with E-state index in [2.05, 4.69) is 14.9 Å². The van der Waals surface area contributed by atoms with E-state index in [-0.39, 0.29) is 40.8 Å². The Morgan fingerprint density at radius 3 is 2.89 bits per heavy atom. The molecule has 0 bridgehead atoms. The number of pyridine rings is 2. The molecule has 0 radical (unpaired) electrons. The summed E-state index contributed by atoms with van der Waals surface area (Å²) in [6, 6.07) is 15.3. The molecule has 3 heterocycles. The first kappa shape index (κ1) is 23.4. The molecule has 0 unspecified atom stereocenters. The van der Waals surface area contributed by atoms with Crippen LogP contribution < -0.4 is 16.4 Å². The molecule has 0 amide bonds. The first-order chi connectivity index (χ1) is 17.4. The number of fused-ring (bicyclic) bond motifs is 1. The highest BCUT2D eigenvalue weighted by molar-refractivity contribution is 6.03. The molecule has 4 aromatic rings. The van der Waals surface area contributed by atoms with Crippen LogP contribution in [0.1, 0.15) is 34.5 Å². The molecule has 180 valence electrons. The van der Waals surface area contributed by atoms with Gasteiger partial charge < -0.3 is 16.4 Å². The summed E-state index contributed by atoms with van der Waals surface area (Å²) in [5.41, 5.74) is 16.0. The van der Waals surface area contributed by atoms with Gasteiger partial charge in [-0.05, 0) is 48.7 Å². The van der Waals surface area contributed by atoms with E-state index in [0.717, 1.165) is 37.2 Å². The molecule has 1 aliphatic rings. The van der Waals surface area contributed by atoms with Crippen LogP contribution >= 0.6 is 0 Å². The molecule has 1 fully saturated rings. The average molecular weight is 481 g/mol. The summed E-state index contributed by atoms with van der Waals surface area (Å²) in [5, 5.41) is 10.1. The van der Waals surface area contributed by atoms with Gasteiger partial charge in [0.05, 0.1) is 22.8 Å². The van der Waals surface area contributed by atoms with Gasteiger partial charge in [-0.1, -0.05) is 18.2 Å². The Balaban J connectivity index is 1.49. The second-order valence-corrected chi connectivity index (χ2v) is 9.06. The maximum absolute atomic E-state index is 14.6. The second kappa shape index (κ2) is 9.72. The van der Waals surface area contributed by atoms with E-state index in [1.54, 1.807) is 42.7 Å². The zero-order valence-electron chi connectivity index (χ0n) is 19.6. The Kier molecular flexibility index (Phi) is 6.32. The van der Waals surface area contributed by atoms with E-state index in [0.29, 0.717) is 16.5 Å². The lowest BCUT2D eigenvalue weighted by molar-refractivity contribution is 0.0989. The van der Waals surface area contributed by atoms with Gasteiger partial charge in [-0.15, -0.1) is 0 Å². The van der Waals surface area contributed by atoms with Crippen LogP contribution in [0, 0.1) is 17.1 Å². The molecule has 36 heavy (non-hydrogen) atoms. The number of nitrogen functional groups attached to an aromatic ring is 1. The Bertz CT molecular complexity index is 1510. The number of hydrogen-bond donors (Lipinski definition) is 2. The van der Waals surface area contributed by atoms with E-state index in [1.165, 1.54) is 12.1 Å². The van der Waals surface area contributed by atoms with Gasteiger partial charge in [0.15, 0.2) is 5.78 Å². The Labute approximate surface area is 208 Å². The number of Topliss-reactive ketones (excluding diaryl/α,β-unsaturated/α-hetero) is 1. The number of piperidine rings is 1. The maximum atomic E-state index is 14.6. The number of ketones is 1. The molecule has 5 rings (SSSR count). The van der Waals surface area contributed by atoms with Gasteiger partial charge in [-0.2, -0.15) is 5.26 Å². The molecule has 0 aliphatic carbocycles. The van der Waals surface area contributed by atoms with Crippen LogP contribution in [0.4, 0.5) is 15.8 Å². The Morgan fingerprint density at radius 2 is 2.08 bits per heavy atom. The zero-order valence-corrected chi connectivity index (χ0v) is 19.6. The smallest absolute Gasteiger partial charge is 0.187 e. The SMILES string of the molecule is N#Cc1cccc(F)c1-c1ccc2cc(N)c(C(=O)Cc3cnccc3N3CCC[C@H](N)C3)nc2c1. The molecular formula is C28H25FN6O. The molecule has 8 heteroatoms. The van der Waals surface area contributed by atoms with Gasteiger partial charge in [0.2, 0.25) is 0 Å². The van der Waals surface area contributed by atoms with Crippen LogP contribution in [0.5, 0.6) is 0 Å². The minimum absolute atomic E-state index is 0.0865. The fourth-order valence-corrected chi connectivity index (χ4v) is 4.82. The molecule has 1 atom stereocenters. The molecule has 0 spiro atoms. The summed E-state index contributed by atoms with van der Waals surface area (Å²) in [6.07, 6.45) is 5.48. The predicted molar refractivity (Wildman–Crippen MR) is 138 cm³/mol. The van der Waals surface area contributed by atoms with E-state index < -0.39 is 5.82 Å². The van der Waals surface area contributed by atoms with Gasteiger partial charge in [0.1, 0.15) is 11.5 Å². The number of nitrogens with zero attached hydrogens (tertiary/aromatic N) is 4. The van der Waals surface area contributed by atoms with Crippen molar-refractivity contribution in [3.8, 4) is 17.2 Å². The molecule has 4 N–H and O–H groups in total. The predicted octanol–water partition coefficient (Wildman–Crippen LogP) is 4.24. The zero-order chi connectivity index (χ0) is 25.2. The molecule has 1 saturated heterocycles. The number of anilines is 2. The van der Waals surface area contributed by atoms with E-state index in [1.807, 2.05) is 12.1 Å². The standard InChI is InChI=1S/C28H25FN6O/c29-22-5-1-3-19(14-30)27(22)18-7-6-17-11-23(32)28(34-24(17)12-18)26(36)13-20-15-33-9-8-25(20)35-10-2-4-21(31)16-35/h1,3,5-9,11-12,15,21H,2,4,10,13,16,31-32H2/t21-/m0/s1. The van der Waals surface area contributed by atoms with Gasteiger partial charge in [0, 0.05) is 60.1 Å². The third kappa shape index (κ3) is 4.49. The van der Waals surface area contributed by atoms with Crippen LogP contribution in [0.25, 0.3) is 22.0 Å². The van der Waals surface area contributed by atoms with Crippen LogP contribution in [0.15, 0.2) is 60.9 Å². The topological polar surface area (TPSA) is 122 Å². The van der Waals surface area contributed by atoms with Gasteiger partial charge in [-0.3, -0.25) is 9.78 Å². The Morgan fingerprint density at radius 1 is 1.22 bits per heavy atom. The van der Waals surface area contributed by atoms with Crippen molar-refractivity contribution >= 4 is 28.1 Å². The molecule has 2 aromatic carbocycles. The number of carbonyl (C=O) groups excluding carboxylic acids is 1. The monoisotopic (exact) mass is 480 g/mol. The highest BCUT2D eigenvalue weighted by Crippen LogP contribution is 2.31. The van der Waals surface area contributed by atoms with Crippen molar-refractivity contribution in [1.29, 1.82) is 5.26 Å². The highest BCUT2D eigenvalue weighted by atomic mass is 19.1. The average Bonchev–Trinajstić information content (AvgIpc) is 2.88. The van der Waals surface area contributed by atoms with Crippen LogP contribution in [-0.2, 0) is 6.42 Å². The minimum Gasteiger partial charge on any atom is -0.397 e. The molecule has 7 nitrogen and oxygen atoms in total. The largest absolute Gasteiger partial charge is 0.397 e. The number of carbonyl (C=O) groups is 1.